The largest absolute Gasteiger partial charge is 0.465 e. The minimum Gasteiger partial charge on any atom is -0.465 e. The molecule has 0 aromatic carbocycles. The monoisotopic (exact) mass is 220 g/mol. The van der Waals surface area contributed by atoms with Crippen molar-refractivity contribution in [2.75, 3.05) is 19.6 Å². The molecule has 0 saturated carbocycles. The van der Waals surface area contributed by atoms with E-state index in [-0.39, 0.29) is 0 Å². The van der Waals surface area contributed by atoms with Crippen molar-refractivity contribution in [3.05, 3.63) is 23.7 Å². The quantitative estimate of drug-likeness (QED) is 0.841. The highest BCUT2D eigenvalue weighted by atomic mass is 16.3. The summed E-state index contributed by atoms with van der Waals surface area (Å²) in [6.45, 7) is 6.72. The van der Waals surface area contributed by atoms with Crippen LogP contribution in [-0.2, 0) is 6.54 Å². The molecule has 2 bridgehead atoms. The summed E-state index contributed by atoms with van der Waals surface area (Å²) >= 11 is 0. The Bertz CT molecular complexity index is 353. The molecule has 3 aliphatic rings. The number of fused-ring (bicyclic) bond motifs is 3. The normalized spacial score (nSPS) is 33.2. The predicted molar refractivity (Wildman–Crippen MR) is 63.2 cm³/mol. The van der Waals surface area contributed by atoms with Gasteiger partial charge in [0.1, 0.15) is 11.5 Å². The van der Waals surface area contributed by atoms with E-state index in [2.05, 4.69) is 16.3 Å². The molecule has 3 heteroatoms. The standard InChI is InChI=1S/C13H20N2O/c1-10-2-3-12(16-10)8-14-13-9-15-6-4-11(13)5-7-15/h2-3,11,13-14H,4-9H2,1H3. The van der Waals surface area contributed by atoms with E-state index in [1.165, 1.54) is 32.5 Å². The number of aryl methyl sites for hydroxylation is 1. The van der Waals surface area contributed by atoms with Gasteiger partial charge in [-0.3, -0.25) is 0 Å². The Hall–Kier alpha value is -0.800. The Morgan fingerprint density at radius 1 is 1.38 bits per heavy atom. The van der Waals surface area contributed by atoms with Gasteiger partial charge in [-0.1, -0.05) is 0 Å². The van der Waals surface area contributed by atoms with E-state index in [4.69, 9.17) is 4.42 Å². The topological polar surface area (TPSA) is 28.4 Å². The first-order valence-electron chi connectivity index (χ1n) is 6.32. The zero-order valence-electron chi connectivity index (χ0n) is 9.91. The Balaban J connectivity index is 1.55. The molecule has 0 spiro atoms. The highest BCUT2D eigenvalue weighted by molar-refractivity contribution is 5.05. The predicted octanol–water partition coefficient (Wildman–Crippen LogP) is 1.77. The van der Waals surface area contributed by atoms with Crippen LogP contribution in [0.25, 0.3) is 0 Å². The number of piperidine rings is 3. The molecule has 1 atom stereocenters. The first kappa shape index (κ1) is 10.4. The maximum absolute atomic E-state index is 5.58. The Morgan fingerprint density at radius 2 is 2.19 bits per heavy atom. The minimum atomic E-state index is 0.674. The lowest BCUT2D eigenvalue weighted by molar-refractivity contribution is 0.0711. The molecule has 1 N–H and O–H groups in total. The van der Waals surface area contributed by atoms with Crippen molar-refractivity contribution in [3.8, 4) is 0 Å². The van der Waals surface area contributed by atoms with Crippen LogP contribution in [0.4, 0.5) is 0 Å². The molecule has 3 fully saturated rings. The summed E-state index contributed by atoms with van der Waals surface area (Å²) in [4.78, 5) is 2.57. The van der Waals surface area contributed by atoms with Gasteiger partial charge in [-0.2, -0.15) is 0 Å². The van der Waals surface area contributed by atoms with Crippen molar-refractivity contribution in [1.82, 2.24) is 10.2 Å². The Kier molecular flexibility index (Phi) is 2.74. The van der Waals surface area contributed by atoms with Crippen LogP contribution in [-0.4, -0.2) is 30.6 Å². The van der Waals surface area contributed by atoms with E-state index < -0.39 is 0 Å². The van der Waals surface area contributed by atoms with Crippen molar-refractivity contribution in [2.24, 2.45) is 5.92 Å². The third kappa shape index (κ3) is 2.02. The molecular formula is C13H20N2O. The van der Waals surface area contributed by atoms with Crippen molar-refractivity contribution in [1.29, 1.82) is 0 Å². The molecular weight excluding hydrogens is 200 g/mol. The number of nitrogens with one attached hydrogen (secondary N) is 1. The van der Waals surface area contributed by atoms with Crippen LogP contribution >= 0.6 is 0 Å². The van der Waals surface area contributed by atoms with Gasteiger partial charge in [0.2, 0.25) is 0 Å². The summed E-state index contributed by atoms with van der Waals surface area (Å²) in [6, 6.07) is 4.78. The summed E-state index contributed by atoms with van der Waals surface area (Å²) < 4.78 is 5.58. The molecule has 4 heterocycles. The zero-order valence-corrected chi connectivity index (χ0v) is 9.91. The summed E-state index contributed by atoms with van der Waals surface area (Å²) in [7, 11) is 0. The van der Waals surface area contributed by atoms with E-state index in [0.29, 0.717) is 6.04 Å². The van der Waals surface area contributed by atoms with Crippen LogP contribution in [0.5, 0.6) is 0 Å². The fourth-order valence-corrected chi connectivity index (χ4v) is 3.01. The molecule has 3 aliphatic heterocycles. The van der Waals surface area contributed by atoms with Gasteiger partial charge in [0.15, 0.2) is 0 Å². The number of hydrogen-bond donors (Lipinski definition) is 1. The van der Waals surface area contributed by atoms with E-state index in [9.17, 15) is 0 Å². The SMILES string of the molecule is Cc1ccc(CNC2CN3CCC2CC3)o1. The van der Waals surface area contributed by atoms with E-state index in [1.807, 2.05) is 13.0 Å². The van der Waals surface area contributed by atoms with Crippen LogP contribution in [0, 0.1) is 12.8 Å². The first-order chi connectivity index (χ1) is 7.81. The fraction of sp³-hybridized carbons (Fsp3) is 0.692. The maximum Gasteiger partial charge on any atom is 0.117 e. The van der Waals surface area contributed by atoms with Gasteiger partial charge in [-0.05, 0) is 50.9 Å². The van der Waals surface area contributed by atoms with E-state index >= 15 is 0 Å². The number of furan rings is 1. The summed E-state index contributed by atoms with van der Waals surface area (Å²) in [5.74, 6) is 2.96. The smallest absolute Gasteiger partial charge is 0.117 e. The van der Waals surface area contributed by atoms with Gasteiger partial charge in [0, 0.05) is 12.6 Å². The van der Waals surface area contributed by atoms with Crippen molar-refractivity contribution >= 4 is 0 Å². The van der Waals surface area contributed by atoms with E-state index in [1.54, 1.807) is 0 Å². The first-order valence-corrected chi connectivity index (χ1v) is 6.32. The summed E-state index contributed by atoms with van der Waals surface area (Å²) in [5.41, 5.74) is 0. The second-order valence-corrected chi connectivity index (χ2v) is 5.14. The molecule has 16 heavy (non-hydrogen) atoms. The Labute approximate surface area is 96.8 Å². The third-order valence-corrected chi connectivity index (χ3v) is 3.99. The van der Waals surface area contributed by atoms with Crippen molar-refractivity contribution in [3.63, 3.8) is 0 Å². The fourth-order valence-electron chi connectivity index (χ4n) is 3.01. The van der Waals surface area contributed by atoms with Gasteiger partial charge in [-0.25, -0.2) is 0 Å². The Morgan fingerprint density at radius 3 is 2.75 bits per heavy atom. The second-order valence-electron chi connectivity index (χ2n) is 5.14. The lowest BCUT2D eigenvalue weighted by Gasteiger charge is -2.45. The lowest BCUT2D eigenvalue weighted by atomic mass is 9.84. The highest BCUT2D eigenvalue weighted by Gasteiger charge is 2.33. The summed E-state index contributed by atoms with van der Waals surface area (Å²) in [6.07, 6.45) is 2.74. The highest BCUT2D eigenvalue weighted by Crippen LogP contribution is 2.27. The number of nitrogens with zero attached hydrogens (tertiary/aromatic N) is 1. The molecule has 88 valence electrons. The van der Waals surface area contributed by atoms with Gasteiger partial charge in [-0.15, -0.1) is 0 Å². The van der Waals surface area contributed by atoms with Gasteiger partial charge in [0.25, 0.3) is 0 Å². The summed E-state index contributed by atoms with van der Waals surface area (Å²) in [5, 5.41) is 3.65. The second kappa shape index (κ2) is 4.22. The molecule has 1 aromatic heterocycles. The van der Waals surface area contributed by atoms with Crippen LogP contribution in [0.3, 0.4) is 0 Å². The van der Waals surface area contributed by atoms with Crippen LogP contribution in [0.2, 0.25) is 0 Å². The van der Waals surface area contributed by atoms with Crippen molar-refractivity contribution in [2.45, 2.75) is 32.4 Å². The lowest BCUT2D eigenvalue weighted by Crippen LogP contribution is -2.55. The average molecular weight is 220 g/mol. The third-order valence-electron chi connectivity index (χ3n) is 3.99. The van der Waals surface area contributed by atoms with Gasteiger partial charge < -0.3 is 14.6 Å². The molecule has 0 radical (unpaired) electrons. The van der Waals surface area contributed by atoms with Gasteiger partial charge >= 0.3 is 0 Å². The van der Waals surface area contributed by atoms with Crippen LogP contribution in [0.15, 0.2) is 16.5 Å². The zero-order chi connectivity index (χ0) is 11.0. The number of rotatable bonds is 3. The van der Waals surface area contributed by atoms with Crippen LogP contribution in [0.1, 0.15) is 24.4 Å². The molecule has 1 unspecified atom stereocenters. The molecule has 3 nitrogen and oxygen atoms in total. The number of hydrogen-bond acceptors (Lipinski definition) is 3. The molecule has 3 saturated heterocycles. The van der Waals surface area contributed by atoms with E-state index in [0.717, 1.165) is 24.0 Å². The molecule has 0 amide bonds. The maximum atomic E-state index is 5.58. The van der Waals surface area contributed by atoms with Crippen molar-refractivity contribution < 1.29 is 4.42 Å². The molecule has 1 aromatic rings. The average Bonchev–Trinajstić information content (AvgIpc) is 2.74. The van der Waals surface area contributed by atoms with Gasteiger partial charge in [0.05, 0.1) is 6.54 Å². The molecule has 0 aliphatic carbocycles. The van der Waals surface area contributed by atoms with Crippen LogP contribution < -0.4 is 5.32 Å². The molecule has 4 rings (SSSR count). The minimum absolute atomic E-state index is 0.674.